The number of hydrogen-bond acceptors (Lipinski definition) is 1. The summed E-state index contributed by atoms with van der Waals surface area (Å²) in [4.78, 5) is 0. The molecule has 2 rings (SSSR count). The number of hydrogen-bond donors (Lipinski definition) is 0. The van der Waals surface area contributed by atoms with Crippen LogP contribution >= 0.6 is 0 Å². The van der Waals surface area contributed by atoms with Crippen LogP contribution in [0.3, 0.4) is 0 Å². The molecule has 0 aliphatic heterocycles. The standard InChI is InChI=1S/C20H35F3O/c1-2-15-24-19(20(21,22)23)10-6-7-16-11-13-18(14-12-16)17-8-4-3-5-9-17/h16-19H,2-15H2,1H3. The summed E-state index contributed by atoms with van der Waals surface area (Å²) < 4.78 is 43.8. The van der Waals surface area contributed by atoms with E-state index in [2.05, 4.69) is 0 Å². The lowest BCUT2D eigenvalue weighted by Gasteiger charge is -2.36. The highest BCUT2D eigenvalue weighted by molar-refractivity contribution is 4.80. The average Bonchev–Trinajstić information content (AvgIpc) is 2.58. The molecule has 1 nitrogen and oxygen atoms in total. The van der Waals surface area contributed by atoms with Gasteiger partial charge in [0, 0.05) is 6.61 Å². The topological polar surface area (TPSA) is 9.23 Å². The molecule has 0 aromatic heterocycles. The molecule has 0 heterocycles. The fourth-order valence-electron chi connectivity index (χ4n) is 4.75. The zero-order valence-electron chi connectivity index (χ0n) is 15.3. The highest BCUT2D eigenvalue weighted by Crippen LogP contribution is 2.41. The summed E-state index contributed by atoms with van der Waals surface area (Å²) in [6, 6.07) is 0. The first-order chi connectivity index (χ1) is 11.5. The van der Waals surface area contributed by atoms with Crippen LogP contribution in [0.25, 0.3) is 0 Å². The van der Waals surface area contributed by atoms with Gasteiger partial charge in [0.15, 0.2) is 6.10 Å². The van der Waals surface area contributed by atoms with Crippen molar-refractivity contribution in [3.63, 3.8) is 0 Å². The van der Waals surface area contributed by atoms with E-state index >= 15 is 0 Å². The maximum Gasteiger partial charge on any atom is 0.414 e. The van der Waals surface area contributed by atoms with Crippen molar-refractivity contribution in [2.45, 2.75) is 103 Å². The molecule has 0 spiro atoms. The molecule has 0 radical (unpaired) electrons. The van der Waals surface area contributed by atoms with E-state index in [0.717, 1.165) is 18.3 Å². The van der Waals surface area contributed by atoms with Crippen molar-refractivity contribution < 1.29 is 17.9 Å². The minimum Gasteiger partial charge on any atom is -0.369 e. The van der Waals surface area contributed by atoms with Crippen molar-refractivity contribution >= 4 is 0 Å². The molecular formula is C20H35F3O. The van der Waals surface area contributed by atoms with Crippen LogP contribution < -0.4 is 0 Å². The van der Waals surface area contributed by atoms with Crippen LogP contribution in [0.5, 0.6) is 0 Å². The Balaban J connectivity index is 1.64. The van der Waals surface area contributed by atoms with E-state index in [-0.39, 0.29) is 13.0 Å². The van der Waals surface area contributed by atoms with Gasteiger partial charge in [-0.15, -0.1) is 0 Å². The van der Waals surface area contributed by atoms with Gasteiger partial charge in [-0.1, -0.05) is 64.7 Å². The van der Waals surface area contributed by atoms with Crippen LogP contribution in [-0.2, 0) is 4.74 Å². The summed E-state index contributed by atoms with van der Waals surface area (Å²) in [6.45, 7) is 2.05. The summed E-state index contributed by atoms with van der Waals surface area (Å²) in [5.41, 5.74) is 0. The number of alkyl halides is 3. The highest BCUT2D eigenvalue weighted by Gasteiger charge is 2.40. The molecule has 2 saturated carbocycles. The first-order valence-corrected chi connectivity index (χ1v) is 10.2. The molecule has 0 bridgehead atoms. The molecule has 2 aliphatic carbocycles. The third-order valence-corrected chi connectivity index (χ3v) is 6.17. The van der Waals surface area contributed by atoms with Crippen molar-refractivity contribution in [1.82, 2.24) is 0 Å². The third-order valence-electron chi connectivity index (χ3n) is 6.17. The molecule has 142 valence electrons. The minimum atomic E-state index is -4.21. The first-order valence-electron chi connectivity index (χ1n) is 10.2. The molecule has 0 aromatic rings. The molecule has 2 fully saturated rings. The van der Waals surface area contributed by atoms with E-state index < -0.39 is 12.3 Å². The fraction of sp³-hybridized carbons (Fsp3) is 1.00. The van der Waals surface area contributed by atoms with Crippen LogP contribution in [0.2, 0.25) is 0 Å². The van der Waals surface area contributed by atoms with Crippen molar-refractivity contribution in [2.24, 2.45) is 17.8 Å². The van der Waals surface area contributed by atoms with Gasteiger partial charge in [-0.25, -0.2) is 0 Å². The second-order valence-corrected chi connectivity index (χ2v) is 8.01. The van der Waals surface area contributed by atoms with Gasteiger partial charge in [0.2, 0.25) is 0 Å². The van der Waals surface area contributed by atoms with Gasteiger partial charge in [0.1, 0.15) is 0 Å². The molecule has 1 atom stereocenters. The number of halogens is 3. The Bertz CT molecular complexity index is 328. The van der Waals surface area contributed by atoms with Crippen molar-refractivity contribution in [3.05, 3.63) is 0 Å². The number of rotatable bonds is 8. The first kappa shape index (κ1) is 20.1. The largest absolute Gasteiger partial charge is 0.414 e. The molecule has 2 aliphatic rings. The van der Waals surface area contributed by atoms with Crippen LogP contribution in [0.15, 0.2) is 0 Å². The van der Waals surface area contributed by atoms with Crippen molar-refractivity contribution in [2.75, 3.05) is 6.61 Å². The Hall–Kier alpha value is -0.250. The zero-order chi connectivity index (χ0) is 17.4. The van der Waals surface area contributed by atoms with Crippen LogP contribution in [-0.4, -0.2) is 18.9 Å². The third kappa shape index (κ3) is 6.57. The molecule has 0 N–H and O–H groups in total. The van der Waals surface area contributed by atoms with Gasteiger partial charge < -0.3 is 4.74 Å². The second kappa shape index (κ2) is 10.0. The van der Waals surface area contributed by atoms with E-state index in [1.54, 1.807) is 0 Å². The van der Waals surface area contributed by atoms with Gasteiger partial charge in [-0.05, 0) is 43.4 Å². The average molecular weight is 348 g/mol. The van der Waals surface area contributed by atoms with Crippen molar-refractivity contribution in [1.29, 1.82) is 0 Å². The molecule has 24 heavy (non-hydrogen) atoms. The van der Waals surface area contributed by atoms with Gasteiger partial charge in [0.05, 0.1) is 0 Å². The second-order valence-electron chi connectivity index (χ2n) is 8.01. The minimum absolute atomic E-state index is 0.131. The molecule has 1 unspecified atom stereocenters. The van der Waals surface area contributed by atoms with E-state index in [0.29, 0.717) is 18.8 Å². The Labute approximate surface area is 145 Å². The Kier molecular flexibility index (Phi) is 8.39. The lowest BCUT2D eigenvalue weighted by atomic mass is 9.70. The smallest absolute Gasteiger partial charge is 0.369 e. The van der Waals surface area contributed by atoms with E-state index in [9.17, 15) is 13.2 Å². The summed E-state index contributed by atoms with van der Waals surface area (Å²) in [7, 11) is 0. The predicted octanol–water partition coefficient (Wildman–Crippen LogP) is 6.90. The van der Waals surface area contributed by atoms with Gasteiger partial charge in [0.25, 0.3) is 0 Å². The lowest BCUT2D eigenvalue weighted by molar-refractivity contribution is -0.222. The molecule has 0 aromatic carbocycles. The molecule has 0 amide bonds. The SMILES string of the molecule is CCCOC(CCCC1CCC(C2CCCCC2)CC1)C(F)(F)F. The van der Waals surface area contributed by atoms with Gasteiger partial charge >= 0.3 is 6.18 Å². The predicted molar refractivity (Wildman–Crippen MR) is 92.0 cm³/mol. The van der Waals surface area contributed by atoms with Crippen molar-refractivity contribution in [3.8, 4) is 0 Å². The lowest BCUT2D eigenvalue weighted by Crippen LogP contribution is -2.32. The van der Waals surface area contributed by atoms with Crippen LogP contribution in [0.4, 0.5) is 13.2 Å². The van der Waals surface area contributed by atoms with E-state index in [4.69, 9.17) is 4.74 Å². The number of ether oxygens (including phenoxy) is 1. The highest BCUT2D eigenvalue weighted by atomic mass is 19.4. The Morgan fingerprint density at radius 2 is 1.54 bits per heavy atom. The van der Waals surface area contributed by atoms with Gasteiger partial charge in [-0.2, -0.15) is 13.2 Å². The fourth-order valence-corrected chi connectivity index (χ4v) is 4.75. The summed E-state index contributed by atoms with van der Waals surface area (Å²) >= 11 is 0. The molecule has 0 saturated heterocycles. The monoisotopic (exact) mass is 348 g/mol. The van der Waals surface area contributed by atoms with Crippen LogP contribution in [0, 0.1) is 17.8 Å². The van der Waals surface area contributed by atoms with E-state index in [1.807, 2.05) is 6.92 Å². The normalized spacial score (nSPS) is 28.0. The van der Waals surface area contributed by atoms with Crippen LogP contribution in [0.1, 0.15) is 90.4 Å². The molecule has 4 heteroatoms. The summed E-state index contributed by atoms with van der Waals surface area (Å²) in [5, 5.41) is 0. The van der Waals surface area contributed by atoms with E-state index in [1.165, 1.54) is 57.8 Å². The zero-order valence-corrected chi connectivity index (χ0v) is 15.3. The summed E-state index contributed by atoms with van der Waals surface area (Å²) in [6.07, 6.45) is 8.71. The quantitative estimate of drug-likeness (QED) is 0.463. The Morgan fingerprint density at radius 3 is 2.12 bits per heavy atom. The van der Waals surface area contributed by atoms with Gasteiger partial charge in [-0.3, -0.25) is 0 Å². The summed E-state index contributed by atoms with van der Waals surface area (Å²) in [5.74, 6) is 2.49. The maximum absolute atomic E-state index is 12.9. The molecular weight excluding hydrogens is 313 g/mol. The Morgan fingerprint density at radius 1 is 0.917 bits per heavy atom. The maximum atomic E-state index is 12.9.